The van der Waals surface area contributed by atoms with Crippen molar-refractivity contribution in [2.24, 2.45) is 0 Å². The van der Waals surface area contributed by atoms with Gasteiger partial charge >= 0.3 is 0 Å². The minimum atomic E-state index is -0.764. The van der Waals surface area contributed by atoms with E-state index in [1.807, 2.05) is 0 Å². The van der Waals surface area contributed by atoms with Crippen LogP contribution < -0.4 is 4.74 Å². The summed E-state index contributed by atoms with van der Waals surface area (Å²) >= 11 is 0. The number of rotatable bonds is 3. The first-order chi connectivity index (χ1) is 9.02. The molecule has 0 saturated carbocycles. The Bertz CT molecular complexity index is 619. The van der Waals surface area contributed by atoms with Crippen molar-refractivity contribution in [2.75, 3.05) is 7.11 Å². The molecular formula is C15H12F2O2. The van der Waals surface area contributed by atoms with E-state index in [9.17, 15) is 13.6 Å². The van der Waals surface area contributed by atoms with Gasteiger partial charge in [-0.2, -0.15) is 0 Å². The van der Waals surface area contributed by atoms with Gasteiger partial charge in [-0.25, -0.2) is 8.78 Å². The van der Waals surface area contributed by atoms with E-state index in [4.69, 9.17) is 4.74 Å². The van der Waals surface area contributed by atoms with Crippen LogP contribution in [0.1, 0.15) is 17.3 Å². The average Bonchev–Trinajstić information content (AvgIpc) is 2.38. The van der Waals surface area contributed by atoms with Crippen LogP contribution in [0, 0.1) is 11.6 Å². The topological polar surface area (TPSA) is 26.3 Å². The molecule has 0 bridgehead atoms. The molecule has 0 radical (unpaired) electrons. The zero-order valence-corrected chi connectivity index (χ0v) is 10.5. The summed E-state index contributed by atoms with van der Waals surface area (Å²) in [5.41, 5.74) is 0.641. The van der Waals surface area contributed by atoms with Crippen LogP contribution in [0.25, 0.3) is 11.1 Å². The first kappa shape index (κ1) is 13.2. The van der Waals surface area contributed by atoms with E-state index >= 15 is 0 Å². The maximum atomic E-state index is 13.9. The number of ether oxygens (including phenoxy) is 1. The average molecular weight is 262 g/mol. The largest absolute Gasteiger partial charge is 0.497 e. The van der Waals surface area contributed by atoms with Gasteiger partial charge < -0.3 is 4.74 Å². The summed E-state index contributed by atoms with van der Waals surface area (Å²) in [5, 5.41) is 0. The number of carbonyl (C=O) groups is 1. The number of methoxy groups -OCH3 is 1. The number of halogens is 2. The lowest BCUT2D eigenvalue weighted by molar-refractivity contribution is 0.101. The van der Waals surface area contributed by atoms with Gasteiger partial charge in [0.2, 0.25) is 0 Å². The number of hydrogen-bond acceptors (Lipinski definition) is 2. The fourth-order valence-electron chi connectivity index (χ4n) is 1.90. The van der Waals surface area contributed by atoms with Crippen LogP contribution in [0.2, 0.25) is 0 Å². The zero-order chi connectivity index (χ0) is 14.0. The molecule has 0 aliphatic heterocycles. The SMILES string of the molecule is COc1ccc(-c2c(F)cc(F)cc2C(C)=O)cc1. The minimum Gasteiger partial charge on any atom is -0.497 e. The summed E-state index contributed by atoms with van der Waals surface area (Å²) in [6.07, 6.45) is 0. The lowest BCUT2D eigenvalue weighted by Crippen LogP contribution is -2.00. The van der Waals surface area contributed by atoms with Crippen LogP contribution in [0.5, 0.6) is 5.75 Å². The molecule has 2 rings (SSSR count). The Morgan fingerprint density at radius 3 is 2.26 bits per heavy atom. The van der Waals surface area contributed by atoms with Gasteiger partial charge in [0, 0.05) is 17.2 Å². The number of ketones is 1. The standard InChI is InChI=1S/C15H12F2O2/c1-9(18)13-7-11(16)8-14(17)15(13)10-3-5-12(19-2)6-4-10/h3-8H,1-2H3. The Labute approximate surface area is 109 Å². The van der Waals surface area contributed by atoms with Crippen molar-refractivity contribution in [2.45, 2.75) is 6.92 Å². The van der Waals surface area contributed by atoms with Crippen molar-refractivity contribution in [1.82, 2.24) is 0 Å². The Balaban J connectivity index is 2.62. The van der Waals surface area contributed by atoms with Crippen LogP contribution in [0.15, 0.2) is 36.4 Å². The molecule has 0 amide bonds. The molecule has 0 fully saturated rings. The van der Waals surface area contributed by atoms with E-state index < -0.39 is 11.6 Å². The van der Waals surface area contributed by atoms with E-state index in [0.29, 0.717) is 11.3 Å². The molecule has 19 heavy (non-hydrogen) atoms. The molecule has 2 aromatic rings. The normalized spacial score (nSPS) is 10.3. The van der Waals surface area contributed by atoms with E-state index in [1.54, 1.807) is 24.3 Å². The van der Waals surface area contributed by atoms with Gasteiger partial charge in [-0.1, -0.05) is 12.1 Å². The van der Waals surface area contributed by atoms with Crippen LogP contribution >= 0.6 is 0 Å². The van der Waals surface area contributed by atoms with Gasteiger partial charge in [-0.3, -0.25) is 4.79 Å². The van der Waals surface area contributed by atoms with Crippen molar-refractivity contribution in [3.05, 3.63) is 53.6 Å². The van der Waals surface area contributed by atoms with Crippen LogP contribution in [-0.2, 0) is 0 Å². The van der Waals surface area contributed by atoms with E-state index in [2.05, 4.69) is 0 Å². The van der Waals surface area contributed by atoms with Crippen molar-refractivity contribution in [1.29, 1.82) is 0 Å². The first-order valence-electron chi connectivity index (χ1n) is 5.67. The molecule has 0 spiro atoms. The van der Waals surface area contributed by atoms with Crippen LogP contribution in [-0.4, -0.2) is 12.9 Å². The summed E-state index contributed by atoms with van der Waals surface area (Å²) in [7, 11) is 1.52. The summed E-state index contributed by atoms with van der Waals surface area (Å²) in [5.74, 6) is -1.28. The number of carbonyl (C=O) groups excluding carboxylic acids is 1. The maximum Gasteiger partial charge on any atom is 0.160 e. The Hall–Kier alpha value is -2.23. The molecule has 2 aromatic carbocycles. The lowest BCUT2D eigenvalue weighted by Gasteiger charge is -2.10. The van der Waals surface area contributed by atoms with Crippen molar-refractivity contribution < 1.29 is 18.3 Å². The molecule has 0 atom stereocenters. The van der Waals surface area contributed by atoms with Crippen LogP contribution in [0.3, 0.4) is 0 Å². The predicted octanol–water partition coefficient (Wildman–Crippen LogP) is 3.84. The van der Waals surface area contributed by atoms with Gasteiger partial charge in [0.1, 0.15) is 17.4 Å². The second kappa shape index (κ2) is 5.18. The van der Waals surface area contributed by atoms with Gasteiger partial charge in [0.25, 0.3) is 0 Å². The molecule has 0 aliphatic rings. The minimum absolute atomic E-state index is 0.0302. The highest BCUT2D eigenvalue weighted by atomic mass is 19.1. The molecule has 0 unspecified atom stereocenters. The smallest absolute Gasteiger partial charge is 0.160 e. The Morgan fingerprint density at radius 1 is 1.11 bits per heavy atom. The Kier molecular flexibility index (Phi) is 3.60. The molecule has 0 N–H and O–H groups in total. The molecule has 0 aliphatic carbocycles. The quantitative estimate of drug-likeness (QED) is 0.785. The molecule has 2 nitrogen and oxygen atoms in total. The molecule has 4 heteroatoms. The van der Waals surface area contributed by atoms with Crippen molar-refractivity contribution in [3.63, 3.8) is 0 Å². The second-order valence-corrected chi connectivity index (χ2v) is 4.09. The highest BCUT2D eigenvalue weighted by Gasteiger charge is 2.16. The molecule has 0 saturated heterocycles. The molecule has 0 heterocycles. The monoisotopic (exact) mass is 262 g/mol. The third-order valence-electron chi connectivity index (χ3n) is 2.81. The molecule has 0 aromatic heterocycles. The van der Waals surface area contributed by atoms with Crippen molar-refractivity contribution >= 4 is 5.78 Å². The second-order valence-electron chi connectivity index (χ2n) is 4.09. The van der Waals surface area contributed by atoms with Gasteiger partial charge in [-0.05, 0) is 30.7 Å². The highest BCUT2D eigenvalue weighted by molar-refractivity contribution is 6.01. The predicted molar refractivity (Wildman–Crippen MR) is 68.4 cm³/mol. The third-order valence-corrected chi connectivity index (χ3v) is 2.81. The number of Topliss-reactive ketones (excluding diaryl/α,β-unsaturated/α-hetero) is 1. The summed E-state index contributed by atoms with van der Waals surface area (Å²) in [6.45, 7) is 1.28. The lowest BCUT2D eigenvalue weighted by atomic mass is 9.96. The van der Waals surface area contributed by atoms with Crippen LogP contribution in [0.4, 0.5) is 8.78 Å². The summed E-state index contributed by atoms with van der Waals surface area (Å²) in [4.78, 5) is 11.5. The third kappa shape index (κ3) is 2.62. The summed E-state index contributed by atoms with van der Waals surface area (Å²) < 4.78 is 32.1. The fraction of sp³-hybridized carbons (Fsp3) is 0.133. The van der Waals surface area contributed by atoms with Gasteiger partial charge in [0.05, 0.1) is 7.11 Å². The first-order valence-corrected chi connectivity index (χ1v) is 5.67. The number of hydrogen-bond donors (Lipinski definition) is 0. The van der Waals surface area contributed by atoms with E-state index in [-0.39, 0.29) is 16.9 Å². The maximum absolute atomic E-state index is 13.9. The van der Waals surface area contributed by atoms with Gasteiger partial charge in [0.15, 0.2) is 5.78 Å². The zero-order valence-electron chi connectivity index (χ0n) is 10.5. The Morgan fingerprint density at radius 2 is 1.74 bits per heavy atom. The fourth-order valence-corrected chi connectivity index (χ4v) is 1.90. The van der Waals surface area contributed by atoms with E-state index in [0.717, 1.165) is 12.1 Å². The summed E-state index contributed by atoms with van der Waals surface area (Å²) in [6, 6.07) is 8.38. The molecule has 98 valence electrons. The number of benzene rings is 2. The van der Waals surface area contributed by atoms with E-state index in [1.165, 1.54) is 14.0 Å². The molecular weight excluding hydrogens is 250 g/mol. The highest BCUT2D eigenvalue weighted by Crippen LogP contribution is 2.29. The van der Waals surface area contributed by atoms with Crippen molar-refractivity contribution in [3.8, 4) is 16.9 Å². The van der Waals surface area contributed by atoms with Gasteiger partial charge in [-0.15, -0.1) is 0 Å².